The predicted octanol–water partition coefficient (Wildman–Crippen LogP) is 14.5. The largest absolute Gasteiger partial charge is 0.310 e. The molecule has 1 nitrogen and oxygen atoms in total. The molecule has 0 N–H and O–H groups in total. The summed E-state index contributed by atoms with van der Waals surface area (Å²) in [7, 11) is 0. The lowest BCUT2D eigenvalue weighted by atomic mass is 9.70. The monoisotopic (exact) mass is 711 g/mol. The number of hydrogen-bond donors (Lipinski definition) is 0. The number of nitrogens with zero attached hydrogens (tertiary/aromatic N) is 1. The van der Waals surface area contributed by atoms with Gasteiger partial charge in [0.05, 0.1) is 5.41 Å². The summed E-state index contributed by atoms with van der Waals surface area (Å²) < 4.78 is 0. The van der Waals surface area contributed by atoms with Gasteiger partial charge in [0, 0.05) is 17.1 Å². The van der Waals surface area contributed by atoms with E-state index in [1.54, 1.807) is 0 Å². The lowest BCUT2D eigenvalue weighted by molar-refractivity contribution is 0.793. The van der Waals surface area contributed by atoms with E-state index in [0.717, 1.165) is 17.1 Å². The second-order valence-electron chi connectivity index (χ2n) is 14.8. The zero-order valence-corrected chi connectivity index (χ0v) is 30.8. The molecule has 11 rings (SSSR count). The summed E-state index contributed by atoms with van der Waals surface area (Å²) in [6.07, 6.45) is 0. The second kappa shape index (κ2) is 13.0. The first-order valence-corrected chi connectivity index (χ1v) is 19.4. The first-order valence-electron chi connectivity index (χ1n) is 19.4. The third kappa shape index (κ3) is 4.88. The Hall–Kier alpha value is -7.22. The highest BCUT2D eigenvalue weighted by Crippen LogP contribution is 2.63. The topological polar surface area (TPSA) is 3.24 Å². The smallest absolute Gasteiger partial charge is 0.0726 e. The van der Waals surface area contributed by atoms with Crippen LogP contribution in [0, 0.1) is 0 Å². The van der Waals surface area contributed by atoms with Crippen molar-refractivity contribution in [3.63, 3.8) is 0 Å². The van der Waals surface area contributed by atoms with Crippen LogP contribution in [0.5, 0.6) is 0 Å². The van der Waals surface area contributed by atoms with Gasteiger partial charge in [0.25, 0.3) is 0 Å². The van der Waals surface area contributed by atoms with Gasteiger partial charge < -0.3 is 4.90 Å². The molecule has 2 aliphatic rings. The zero-order valence-electron chi connectivity index (χ0n) is 30.8. The standard InChI is InChI=1S/C55H37N/c1-3-16-38(17-4-1)41-20-15-21-43(36-41)56(42-32-30-40(31-33-42)46-23-8-7-22-45(46)39-18-5-2-6-19-39)44-34-35-50-49-26-11-14-29-53(49)55(54(50)37-44)51-27-12-9-24-47(51)48-25-10-13-28-52(48)55/h1-37H. The van der Waals surface area contributed by atoms with Gasteiger partial charge in [0.1, 0.15) is 0 Å². The van der Waals surface area contributed by atoms with Gasteiger partial charge in [-0.15, -0.1) is 0 Å². The van der Waals surface area contributed by atoms with Gasteiger partial charge in [-0.25, -0.2) is 0 Å². The molecule has 9 aromatic rings. The molecule has 0 atom stereocenters. The van der Waals surface area contributed by atoms with E-state index in [9.17, 15) is 0 Å². The van der Waals surface area contributed by atoms with E-state index in [1.807, 2.05) is 0 Å². The lowest BCUT2D eigenvalue weighted by Crippen LogP contribution is -2.26. The van der Waals surface area contributed by atoms with Crippen LogP contribution in [-0.4, -0.2) is 0 Å². The predicted molar refractivity (Wildman–Crippen MR) is 234 cm³/mol. The van der Waals surface area contributed by atoms with Gasteiger partial charge in [-0.2, -0.15) is 0 Å². The van der Waals surface area contributed by atoms with E-state index in [4.69, 9.17) is 0 Å². The van der Waals surface area contributed by atoms with Crippen molar-refractivity contribution in [1.82, 2.24) is 0 Å². The first-order chi connectivity index (χ1) is 27.8. The van der Waals surface area contributed by atoms with Crippen molar-refractivity contribution in [3.8, 4) is 55.6 Å². The Morgan fingerprint density at radius 3 is 1.21 bits per heavy atom. The Kier molecular flexibility index (Phi) is 7.47. The van der Waals surface area contributed by atoms with Crippen molar-refractivity contribution in [2.45, 2.75) is 5.41 Å². The third-order valence-corrected chi connectivity index (χ3v) is 11.9. The van der Waals surface area contributed by atoms with Gasteiger partial charge in [-0.3, -0.25) is 0 Å². The minimum Gasteiger partial charge on any atom is -0.310 e. The molecule has 56 heavy (non-hydrogen) atoms. The maximum absolute atomic E-state index is 2.47. The molecular weight excluding hydrogens is 675 g/mol. The molecule has 0 unspecified atom stereocenters. The molecule has 0 radical (unpaired) electrons. The summed E-state index contributed by atoms with van der Waals surface area (Å²) in [5.41, 5.74) is 20.8. The van der Waals surface area contributed by atoms with Crippen LogP contribution >= 0.6 is 0 Å². The van der Waals surface area contributed by atoms with Crippen LogP contribution in [-0.2, 0) is 5.41 Å². The Bertz CT molecular complexity index is 2840. The molecule has 1 spiro atoms. The fourth-order valence-corrected chi connectivity index (χ4v) is 9.52. The molecule has 0 saturated heterocycles. The average Bonchev–Trinajstić information content (AvgIpc) is 3.75. The summed E-state index contributed by atoms with van der Waals surface area (Å²) in [5, 5.41) is 0. The molecule has 0 bridgehead atoms. The van der Waals surface area contributed by atoms with Crippen LogP contribution in [0.1, 0.15) is 22.3 Å². The van der Waals surface area contributed by atoms with E-state index >= 15 is 0 Å². The summed E-state index contributed by atoms with van der Waals surface area (Å²) in [6.45, 7) is 0. The molecule has 1 heteroatoms. The fourth-order valence-electron chi connectivity index (χ4n) is 9.52. The second-order valence-corrected chi connectivity index (χ2v) is 14.8. The van der Waals surface area contributed by atoms with Crippen molar-refractivity contribution in [2.75, 3.05) is 4.90 Å². The van der Waals surface area contributed by atoms with Crippen molar-refractivity contribution < 1.29 is 0 Å². The Labute approximate surface area is 328 Å². The van der Waals surface area contributed by atoms with Crippen molar-refractivity contribution in [2.24, 2.45) is 0 Å². The van der Waals surface area contributed by atoms with Crippen molar-refractivity contribution >= 4 is 17.1 Å². The van der Waals surface area contributed by atoms with E-state index in [0.29, 0.717) is 0 Å². The minimum atomic E-state index is -0.419. The molecule has 2 aliphatic carbocycles. The van der Waals surface area contributed by atoms with Crippen LogP contribution in [0.25, 0.3) is 55.6 Å². The quantitative estimate of drug-likeness (QED) is 0.166. The van der Waals surface area contributed by atoms with Gasteiger partial charge in [0.15, 0.2) is 0 Å². The Morgan fingerprint density at radius 2 is 0.643 bits per heavy atom. The molecule has 0 fully saturated rings. The SMILES string of the molecule is c1ccc(-c2cccc(N(c3ccc(-c4ccccc4-c4ccccc4)cc3)c3ccc4c(c3)C3(c5ccccc5-c5ccccc53)c3ccccc3-4)c2)cc1. The molecular formula is C55H37N. The summed E-state index contributed by atoms with van der Waals surface area (Å²) >= 11 is 0. The molecule has 9 aromatic carbocycles. The number of hydrogen-bond acceptors (Lipinski definition) is 1. The highest BCUT2D eigenvalue weighted by Gasteiger charge is 2.51. The molecule has 0 heterocycles. The minimum absolute atomic E-state index is 0.419. The van der Waals surface area contributed by atoms with E-state index in [2.05, 4.69) is 229 Å². The number of rotatable bonds is 6. The zero-order chi connectivity index (χ0) is 37.1. The van der Waals surface area contributed by atoms with Crippen molar-refractivity contribution in [1.29, 1.82) is 0 Å². The maximum atomic E-state index is 2.47. The maximum Gasteiger partial charge on any atom is 0.0726 e. The van der Waals surface area contributed by atoms with Gasteiger partial charge in [0.2, 0.25) is 0 Å². The summed E-state index contributed by atoms with van der Waals surface area (Å²) in [5.74, 6) is 0. The van der Waals surface area contributed by atoms with Crippen LogP contribution in [0.3, 0.4) is 0 Å². The number of fused-ring (bicyclic) bond motifs is 10. The normalized spacial score (nSPS) is 12.8. The van der Waals surface area contributed by atoms with Crippen LogP contribution in [0.2, 0.25) is 0 Å². The van der Waals surface area contributed by atoms with Crippen LogP contribution < -0.4 is 4.90 Å². The van der Waals surface area contributed by atoms with Crippen molar-refractivity contribution in [3.05, 3.63) is 247 Å². The molecule has 0 aliphatic heterocycles. The summed E-state index contributed by atoms with van der Waals surface area (Å²) in [6, 6.07) is 82.4. The molecule has 262 valence electrons. The van der Waals surface area contributed by atoms with Gasteiger partial charge in [-0.1, -0.05) is 188 Å². The third-order valence-electron chi connectivity index (χ3n) is 11.9. The Balaban J connectivity index is 1.12. The van der Waals surface area contributed by atoms with Gasteiger partial charge in [-0.05, 0) is 114 Å². The highest BCUT2D eigenvalue weighted by molar-refractivity contribution is 5.96. The van der Waals surface area contributed by atoms with E-state index < -0.39 is 5.41 Å². The van der Waals surface area contributed by atoms with Crippen LogP contribution in [0.15, 0.2) is 224 Å². The van der Waals surface area contributed by atoms with Gasteiger partial charge >= 0.3 is 0 Å². The number of benzene rings is 9. The number of anilines is 3. The summed E-state index contributed by atoms with van der Waals surface area (Å²) in [4.78, 5) is 2.43. The Morgan fingerprint density at radius 1 is 0.232 bits per heavy atom. The van der Waals surface area contributed by atoms with Crippen LogP contribution in [0.4, 0.5) is 17.1 Å². The highest BCUT2D eigenvalue weighted by atomic mass is 15.1. The molecule has 0 saturated carbocycles. The van der Waals surface area contributed by atoms with E-state index in [-0.39, 0.29) is 0 Å². The lowest BCUT2D eigenvalue weighted by Gasteiger charge is -2.32. The molecule has 0 aromatic heterocycles. The first kappa shape index (κ1) is 32.2. The molecule has 0 amide bonds. The van der Waals surface area contributed by atoms with E-state index in [1.165, 1.54) is 77.9 Å². The average molecular weight is 712 g/mol. The fraction of sp³-hybridized carbons (Fsp3) is 0.0182.